The second-order valence-corrected chi connectivity index (χ2v) is 5.90. The monoisotopic (exact) mass is 290 g/mol. The number of nitrogens with zero attached hydrogens (tertiary/aromatic N) is 1. The SMILES string of the molecule is CCCNC1CCc2cc(OC(C)C(=O)N(C)C)ccc21. The Balaban J connectivity index is 2.04. The molecule has 2 rings (SSSR count). The van der Waals surface area contributed by atoms with Crippen LogP contribution in [0.4, 0.5) is 0 Å². The lowest BCUT2D eigenvalue weighted by Gasteiger charge is -2.19. The van der Waals surface area contributed by atoms with Gasteiger partial charge in [0.2, 0.25) is 0 Å². The summed E-state index contributed by atoms with van der Waals surface area (Å²) >= 11 is 0. The fourth-order valence-corrected chi connectivity index (χ4v) is 2.82. The van der Waals surface area contributed by atoms with Gasteiger partial charge in [-0.2, -0.15) is 0 Å². The summed E-state index contributed by atoms with van der Waals surface area (Å²) in [6.07, 6.45) is 2.92. The normalized spacial score (nSPS) is 18.2. The third-order valence-corrected chi connectivity index (χ3v) is 3.93. The van der Waals surface area contributed by atoms with E-state index in [4.69, 9.17) is 4.74 Å². The lowest BCUT2D eigenvalue weighted by Crippen LogP contribution is -2.35. The van der Waals surface area contributed by atoms with Gasteiger partial charge in [0.1, 0.15) is 5.75 Å². The van der Waals surface area contributed by atoms with E-state index in [0.717, 1.165) is 31.6 Å². The number of hydrogen-bond acceptors (Lipinski definition) is 3. The molecule has 1 N–H and O–H groups in total. The minimum Gasteiger partial charge on any atom is -0.481 e. The van der Waals surface area contributed by atoms with Crippen molar-refractivity contribution in [2.45, 2.75) is 45.3 Å². The lowest BCUT2D eigenvalue weighted by atomic mass is 10.1. The quantitative estimate of drug-likeness (QED) is 0.875. The molecule has 2 unspecified atom stereocenters. The molecular weight excluding hydrogens is 264 g/mol. The summed E-state index contributed by atoms with van der Waals surface area (Å²) in [5, 5.41) is 3.58. The molecule has 21 heavy (non-hydrogen) atoms. The van der Waals surface area contributed by atoms with Crippen molar-refractivity contribution >= 4 is 5.91 Å². The molecule has 0 aliphatic heterocycles. The first-order chi connectivity index (χ1) is 10.0. The number of carbonyl (C=O) groups excluding carboxylic acids is 1. The van der Waals surface area contributed by atoms with Gasteiger partial charge in [-0.15, -0.1) is 0 Å². The summed E-state index contributed by atoms with van der Waals surface area (Å²) in [5.41, 5.74) is 2.72. The second kappa shape index (κ2) is 6.94. The van der Waals surface area contributed by atoms with E-state index in [9.17, 15) is 4.79 Å². The Kier molecular flexibility index (Phi) is 5.23. The molecule has 4 nitrogen and oxygen atoms in total. The second-order valence-electron chi connectivity index (χ2n) is 5.90. The molecule has 0 bridgehead atoms. The number of aryl methyl sites for hydroxylation is 1. The Labute approximate surface area is 127 Å². The number of hydrogen-bond donors (Lipinski definition) is 1. The summed E-state index contributed by atoms with van der Waals surface area (Å²) in [7, 11) is 3.49. The van der Waals surface area contributed by atoms with E-state index >= 15 is 0 Å². The molecule has 0 heterocycles. The first-order valence-electron chi connectivity index (χ1n) is 7.77. The fourth-order valence-electron chi connectivity index (χ4n) is 2.82. The summed E-state index contributed by atoms with van der Waals surface area (Å²) in [4.78, 5) is 13.4. The number of fused-ring (bicyclic) bond motifs is 1. The molecular formula is C17H26N2O2. The third-order valence-electron chi connectivity index (χ3n) is 3.93. The van der Waals surface area contributed by atoms with Crippen molar-refractivity contribution in [2.75, 3.05) is 20.6 Å². The van der Waals surface area contributed by atoms with Crippen molar-refractivity contribution in [3.8, 4) is 5.75 Å². The van der Waals surface area contributed by atoms with Gasteiger partial charge in [-0.25, -0.2) is 0 Å². The van der Waals surface area contributed by atoms with E-state index in [2.05, 4.69) is 24.4 Å². The molecule has 0 saturated carbocycles. The van der Waals surface area contributed by atoms with Crippen LogP contribution in [0.25, 0.3) is 0 Å². The number of rotatable bonds is 6. The van der Waals surface area contributed by atoms with E-state index in [1.165, 1.54) is 11.1 Å². The van der Waals surface area contributed by atoms with Crippen molar-refractivity contribution in [3.05, 3.63) is 29.3 Å². The average Bonchev–Trinajstić information content (AvgIpc) is 2.86. The van der Waals surface area contributed by atoms with E-state index in [1.54, 1.807) is 25.9 Å². The maximum absolute atomic E-state index is 11.8. The highest BCUT2D eigenvalue weighted by atomic mass is 16.5. The lowest BCUT2D eigenvalue weighted by molar-refractivity contribution is -0.135. The summed E-state index contributed by atoms with van der Waals surface area (Å²) in [6, 6.07) is 6.67. The first-order valence-corrected chi connectivity index (χ1v) is 7.77. The van der Waals surface area contributed by atoms with Crippen LogP contribution >= 0.6 is 0 Å². The van der Waals surface area contributed by atoms with Gasteiger partial charge in [0.05, 0.1) is 0 Å². The van der Waals surface area contributed by atoms with Crippen molar-refractivity contribution in [1.29, 1.82) is 0 Å². The molecule has 0 aromatic heterocycles. The minimum absolute atomic E-state index is 0.0158. The standard InChI is InChI=1S/C17H26N2O2/c1-5-10-18-16-9-6-13-11-14(7-8-15(13)16)21-12(2)17(20)19(3)4/h7-8,11-12,16,18H,5-6,9-10H2,1-4H3. The molecule has 0 spiro atoms. The molecule has 0 saturated heterocycles. The van der Waals surface area contributed by atoms with Gasteiger partial charge in [-0.1, -0.05) is 13.0 Å². The Morgan fingerprint density at radius 3 is 2.90 bits per heavy atom. The van der Waals surface area contributed by atoms with Crippen LogP contribution in [0, 0.1) is 0 Å². The van der Waals surface area contributed by atoms with Gasteiger partial charge in [-0.05, 0) is 56.0 Å². The van der Waals surface area contributed by atoms with Crippen LogP contribution in [0.1, 0.15) is 43.9 Å². The number of nitrogens with one attached hydrogen (secondary N) is 1. The van der Waals surface area contributed by atoms with Crippen LogP contribution in [-0.4, -0.2) is 37.6 Å². The predicted octanol–water partition coefficient (Wildman–Crippen LogP) is 2.53. The first kappa shape index (κ1) is 15.8. The molecule has 0 radical (unpaired) electrons. The Morgan fingerprint density at radius 2 is 2.24 bits per heavy atom. The van der Waals surface area contributed by atoms with Crippen LogP contribution in [0.5, 0.6) is 5.75 Å². The summed E-state index contributed by atoms with van der Waals surface area (Å²) < 4.78 is 5.77. The molecule has 116 valence electrons. The average molecular weight is 290 g/mol. The van der Waals surface area contributed by atoms with E-state index in [1.807, 2.05) is 6.07 Å². The van der Waals surface area contributed by atoms with E-state index in [-0.39, 0.29) is 5.91 Å². The highest BCUT2D eigenvalue weighted by Crippen LogP contribution is 2.33. The predicted molar refractivity (Wildman–Crippen MR) is 84.6 cm³/mol. The van der Waals surface area contributed by atoms with Gasteiger partial charge in [0, 0.05) is 20.1 Å². The van der Waals surface area contributed by atoms with Gasteiger partial charge >= 0.3 is 0 Å². The maximum Gasteiger partial charge on any atom is 0.262 e. The van der Waals surface area contributed by atoms with Gasteiger partial charge in [0.15, 0.2) is 6.10 Å². The molecule has 1 aromatic rings. The van der Waals surface area contributed by atoms with Crippen molar-refractivity contribution in [3.63, 3.8) is 0 Å². The van der Waals surface area contributed by atoms with Gasteiger partial charge in [0.25, 0.3) is 5.91 Å². The highest BCUT2D eigenvalue weighted by molar-refractivity contribution is 5.80. The third kappa shape index (κ3) is 3.76. The number of likely N-dealkylation sites (N-methyl/N-ethyl adjacent to an activating group) is 1. The fraction of sp³-hybridized carbons (Fsp3) is 0.588. The van der Waals surface area contributed by atoms with Crippen molar-refractivity contribution in [2.24, 2.45) is 0 Å². The molecule has 2 atom stereocenters. The molecule has 0 fully saturated rings. The van der Waals surface area contributed by atoms with Crippen molar-refractivity contribution in [1.82, 2.24) is 10.2 Å². The minimum atomic E-state index is -0.450. The van der Waals surface area contributed by atoms with E-state index in [0.29, 0.717) is 6.04 Å². The number of amides is 1. The van der Waals surface area contributed by atoms with Gasteiger partial charge < -0.3 is 15.0 Å². The zero-order valence-electron chi connectivity index (χ0n) is 13.5. The largest absolute Gasteiger partial charge is 0.481 e. The van der Waals surface area contributed by atoms with Crippen LogP contribution < -0.4 is 10.1 Å². The summed E-state index contributed by atoms with van der Waals surface area (Å²) in [5.74, 6) is 0.769. The van der Waals surface area contributed by atoms with Crippen LogP contribution in [0.15, 0.2) is 18.2 Å². The van der Waals surface area contributed by atoms with Crippen LogP contribution in [0.3, 0.4) is 0 Å². The zero-order valence-corrected chi connectivity index (χ0v) is 13.5. The number of benzene rings is 1. The summed E-state index contributed by atoms with van der Waals surface area (Å²) in [6.45, 7) is 5.03. The molecule has 1 aliphatic carbocycles. The van der Waals surface area contributed by atoms with Gasteiger partial charge in [-0.3, -0.25) is 4.79 Å². The Morgan fingerprint density at radius 1 is 1.48 bits per heavy atom. The molecule has 1 aliphatic rings. The van der Waals surface area contributed by atoms with Crippen LogP contribution in [0.2, 0.25) is 0 Å². The Bertz CT molecular complexity index is 500. The topological polar surface area (TPSA) is 41.6 Å². The molecule has 1 aromatic carbocycles. The van der Waals surface area contributed by atoms with Crippen molar-refractivity contribution < 1.29 is 9.53 Å². The van der Waals surface area contributed by atoms with E-state index < -0.39 is 6.10 Å². The zero-order chi connectivity index (χ0) is 15.4. The highest BCUT2D eigenvalue weighted by Gasteiger charge is 2.23. The molecule has 4 heteroatoms. The number of ether oxygens (including phenoxy) is 1. The Hall–Kier alpha value is -1.55. The number of carbonyl (C=O) groups is 1. The van der Waals surface area contributed by atoms with Crippen LogP contribution in [-0.2, 0) is 11.2 Å². The smallest absolute Gasteiger partial charge is 0.262 e. The molecule has 1 amide bonds. The maximum atomic E-state index is 11.8.